The number of hydrogen-bond donors (Lipinski definition) is 0. The number of aryl methyl sites for hydroxylation is 2. The fraction of sp³-hybridized carbons (Fsp3) is 0.471. The van der Waals surface area contributed by atoms with Gasteiger partial charge < -0.3 is 17.8 Å². The second-order valence-electron chi connectivity index (χ2n) is 20.6. The summed E-state index contributed by atoms with van der Waals surface area (Å²) in [6.45, 7) is 20.8. The summed E-state index contributed by atoms with van der Waals surface area (Å²) in [5.41, 5.74) is 18.4. The van der Waals surface area contributed by atoms with Gasteiger partial charge in [0.1, 0.15) is 34.1 Å². The Bertz CT molecular complexity index is 2190. The van der Waals surface area contributed by atoms with Gasteiger partial charge in [0.25, 0.3) is 9.23 Å². The third-order valence-corrected chi connectivity index (χ3v) is 15.0. The Morgan fingerprint density at radius 2 is 0.533 bits per heavy atom. The minimum atomic E-state index is -6.11. The lowest BCUT2D eigenvalue weighted by atomic mass is 9.88. The molecule has 0 bridgehead atoms. The molecule has 6 rings (SSSR count). The molecule has 0 N–H and O–H groups in total. The second-order valence-corrected chi connectivity index (χ2v) is 21.5. The first-order valence-corrected chi connectivity index (χ1v) is 31.1. The van der Waals surface area contributed by atoms with E-state index in [0.29, 0.717) is 0 Å². The van der Waals surface area contributed by atoms with Crippen molar-refractivity contribution in [2.75, 3.05) is 13.1 Å². The number of rotatable bonds is 30. The first kappa shape index (κ1) is 62.8. The fourth-order valence-electron chi connectivity index (χ4n) is 11.1. The molecule has 408 valence electrons. The van der Waals surface area contributed by atoms with Crippen LogP contribution in [-0.4, -0.2) is 22.3 Å². The zero-order valence-corrected chi connectivity index (χ0v) is 48.8. The van der Waals surface area contributed by atoms with Crippen LogP contribution in [0.2, 0.25) is 0 Å². The van der Waals surface area contributed by atoms with Gasteiger partial charge in [-0.1, -0.05) is 192 Å². The Balaban J connectivity index is 0.000000298. The van der Waals surface area contributed by atoms with E-state index in [0.717, 1.165) is 22.1 Å². The molecule has 0 aliphatic carbocycles. The van der Waals surface area contributed by atoms with Gasteiger partial charge >= 0.3 is 0 Å². The molecule has 7 heteroatoms. The maximum Gasteiger partial charge on any atom is 0.261 e. The van der Waals surface area contributed by atoms with Crippen LogP contribution in [0.25, 0.3) is 0 Å². The van der Waals surface area contributed by atoms with Crippen molar-refractivity contribution in [3.63, 3.8) is 0 Å². The number of unbranched alkanes of at least 4 members (excludes halogenated alkanes) is 8. The Morgan fingerprint density at radius 1 is 0.307 bits per heavy atom. The summed E-state index contributed by atoms with van der Waals surface area (Å²) in [5, 5.41) is 0. The van der Waals surface area contributed by atoms with Crippen molar-refractivity contribution >= 4 is 43.4 Å². The Hall–Kier alpha value is -4.76. The molecular weight excluding hydrogens is 943 g/mol. The van der Waals surface area contributed by atoms with E-state index in [-0.39, 0.29) is 0 Å². The molecule has 0 unspecified atom stereocenters. The molecule has 0 heterocycles. The third kappa shape index (κ3) is 18.2. The maximum absolute atomic E-state index is 10.0. The van der Waals surface area contributed by atoms with E-state index in [1.54, 1.807) is 33.4 Å². The zero-order chi connectivity index (χ0) is 54.4. The van der Waals surface area contributed by atoms with E-state index in [1.165, 1.54) is 175 Å². The van der Waals surface area contributed by atoms with Gasteiger partial charge in [-0.3, -0.25) is 0 Å². The lowest BCUT2D eigenvalue weighted by Crippen LogP contribution is -2.54. The van der Waals surface area contributed by atoms with Gasteiger partial charge in [0.15, 0.2) is 0 Å². The highest BCUT2D eigenvalue weighted by atomic mass is 28.5. The Morgan fingerprint density at radius 3 is 0.773 bits per heavy atom. The van der Waals surface area contributed by atoms with Crippen molar-refractivity contribution in [1.82, 2.24) is 8.97 Å². The number of quaternary nitrogens is 2. The van der Waals surface area contributed by atoms with Gasteiger partial charge in [0, 0.05) is 23.3 Å². The van der Waals surface area contributed by atoms with Crippen LogP contribution in [0, 0.1) is 0 Å². The first-order valence-electron chi connectivity index (χ1n) is 29.5. The largest absolute Gasteiger partial charge is 0.821 e. The van der Waals surface area contributed by atoms with Crippen LogP contribution in [0.15, 0.2) is 146 Å². The third-order valence-electron chi connectivity index (χ3n) is 15.0. The van der Waals surface area contributed by atoms with Crippen LogP contribution in [0.4, 0.5) is 42.3 Å². The summed E-state index contributed by atoms with van der Waals surface area (Å²) >= 11 is 0. The average molecular weight is 1040 g/mol. The predicted molar refractivity (Wildman–Crippen MR) is 320 cm³/mol. The molecule has 4 nitrogen and oxygen atoms in total. The highest BCUT2D eigenvalue weighted by Gasteiger charge is 2.40. The maximum atomic E-state index is 10.0. The SMILES string of the molecule is CCCCc1ccc([N+](CCCC)(c2ccccc2)c2ccccc2)c(CCCC)c1CCCC.CCCCc1ccc([N+](CCCC)(c2ccccc2)c2ccccc2)c(CCCC)c1CCCC.[O-][Si]([O-])(F)F. The lowest BCUT2D eigenvalue weighted by molar-refractivity contribution is -0.410. The number of hydrogen-bond acceptors (Lipinski definition) is 2. The Kier molecular flexibility index (Phi) is 28.5. The molecule has 0 saturated heterocycles. The molecule has 6 aromatic rings. The van der Waals surface area contributed by atoms with E-state index in [2.05, 4.69) is 201 Å². The number of para-hydroxylation sites is 4. The smallest absolute Gasteiger partial charge is 0.261 e. The van der Waals surface area contributed by atoms with Gasteiger partial charge in [-0.2, -0.15) is 0 Å². The zero-order valence-electron chi connectivity index (χ0n) is 47.8. The van der Waals surface area contributed by atoms with E-state index < -0.39 is 9.23 Å². The van der Waals surface area contributed by atoms with Gasteiger partial charge in [0.2, 0.25) is 0 Å². The standard InChI is InChI=1S/2C34H48N.F2O2Si/c2*1-5-9-19-29-26-27-34(33(25-11-7-3)32(29)24-10-6-2)35(28-12-8-4,30-20-15-13-16-21-30)31-22-17-14-18-23-31;1-5(2,3)4/h2*13-18,20-23,26-27H,5-12,19,24-25,28H2,1-4H3;/q2*+1;-2. The highest BCUT2D eigenvalue weighted by Crippen LogP contribution is 2.49. The summed E-state index contributed by atoms with van der Waals surface area (Å²) in [6, 6.07) is 55.2. The summed E-state index contributed by atoms with van der Waals surface area (Å²) in [7, 11) is -6.11. The quantitative estimate of drug-likeness (QED) is 0.0256. The van der Waals surface area contributed by atoms with Crippen molar-refractivity contribution in [1.29, 1.82) is 0 Å². The monoisotopic (exact) mass is 1040 g/mol. The average Bonchev–Trinajstić information content (AvgIpc) is 3.43. The molecule has 0 saturated carbocycles. The number of halogens is 2. The van der Waals surface area contributed by atoms with Crippen molar-refractivity contribution in [2.45, 2.75) is 197 Å². The van der Waals surface area contributed by atoms with Crippen LogP contribution in [0.5, 0.6) is 0 Å². The second kappa shape index (κ2) is 34.1. The van der Waals surface area contributed by atoms with Gasteiger partial charge in [-0.15, -0.1) is 0 Å². The van der Waals surface area contributed by atoms with E-state index in [1.807, 2.05) is 0 Å². The molecule has 0 aromatic heterocycles. The van der Waals surface area contributed by atoms with Crippen LogP contribution >= 0.6 is 0 Å². The van der Waals surface area contributed by atoms with Crippen molar-refractivity contribution in [2.24, 2.45) is 0 Å². The predicted octanol–water partition coefficient (Wildman–Crippen LogP) is 19.1. The molecule has 0 spiro atoms. The minimum Gasteiger partial charge on any atom is -0.821 e. The first-order chi connectivity index (χ1) is 36.4. The molecule has 75 heavy (non-hydrogen) atoms. The van der Waals surface area contributed by atoms with Gasteiger partial charge in [-0.05, 0) is 161 Å². The minimum absolute atomic E-state index is 0.821. The van der Waals surface area contributed by atoms with Crippen molar-refractivity contribution in [3.05, 3.63) is 179 Å². The summed E-state index contributed by atoms with van der Waals surface area (Å²) in [6.07, 6.45) is 27.0. The molecule has 0 radical (unpaired) electrons. The lowest BCUT2D eigenvalue weighted by Gasteiger charge is -2.39. The highest BCUT2D eigenvalue weighted by molar-refractivity contribution is 6.44. The molecule has 6 aromatic carbocycles. The topological polar surface area (TPSA) is 46.1 Å². The van der Waals surface area contributed by atoms with Crippen molar-refractivity contribution < 1.29 is 17.8 Å². The molecular formula is C68H96F2N2O2Si. The van der Waals surface area contributed by atoms with Gasteiger partial charge in [-0.25, -0.2) is 8.97 Å². The fourth-order valence-corrected chi connectivity index (χ4v) is 11.1. The normalized spacial score (nSPS) is 11.7. The van der Waals surface area contributed by atoms with Crippen LogP contribution < -0.4 is 18.6 Å². The molecule has 0 amide bonds. The van der Waals surface area contributed by atoms with E-state index in [9.17, 15) is 8.22 Å². The van der Waals surface area contributed by atoms with E-state index in [4.69, 9.17) is 9.59 Å². The molecule has 0 fully saturated rings. The van der Waals surface area contributed by atoms with Crippen molar-refractivity contribution in [3.8, 4) is 0 Å². The number of nitrogens with zero attached hydrogens (tertiary/aromatic N) is 2. The van der Waals surface area contributed by atoms with Gasteiger partial charge in [0.05, 0.1) is 13.1 Å². The van der Waals surface area contributed by atoms with Crippen LogP contribution in [-0.2, 0) is 38.5 Å². The van der Waals surface area contributed by atoms with E-state index >= 15 is 0 Å². The summed E-state index contributed by atoms with van der Waals surface area (Å²) in [5.74, 6) is 0. The number of benzene rings is 6. The van der Waals surface area contributed by atoms with Crippen LogP contribution in [0.3, 0.4) is 0 Å². The molecule has 0 atom stereocenters. The van der Waals surface area contributed by atoms with Crippen LogP contribution in [0.1, 0.15) is 192 Å². The summed E-state index contributed by atoms with van der Waals surface area (Å²) < 4.78 is 21.7. The molecule has 0 aliphatic heterocycles. The molecule has 0 aliphatic rings. The Labute approximate surface area is 456 Å². The summed E-state index contributed by atoms with van der Waals surface area (Å²) in [4.78, 5) is 16.7.